The van der Waals surface area contributed by atoms with Crippen LogP contribution in [0.1, 0.15) is 46.3 Å². The third kappa shape index (κ3) is 3.79. The van der Waals surface area contributed by atoms with Gasteiger partial charge in [-0.05, 0) is 24.5 Å². The lowest BCUT2D eigenvalue weighted by atomic mass is 9.92. The quantitative estimate of drug-likeness (QED) is 0.758. The van der Waals surface area contributed by atoms with E-state index in [0.717, 1.165) is 17.5 Å². The van der Waals surface area contributed by atoms with Gasteiger partial charge < -0.3 is 0 Å². The van der Waals surface area contributed by atoms with Crippen molar-refractivity contribution in [3.8, 4) is 6.07 Å². The third-order valence-electron chi connectivity index (χ3n) is 3.71. The summed E-state index contributed by atoms with van der Waals surface area (Å²) in [4.78, 5) is 12.3. The molecule has 0 heterocycles. The van der Waals surface area contributed by atoms with Gasteiger partial charge in [0.1, 0.15) is 0 Å². The smallest absolute Gasteiger partial charge is 0.164 e. The minimum absolute atomic E-state index is 0.0149. The molecule has 0 aliphatic carbocycles. The molecule has 0 fully saturated rings. The number of Topliss-reactive ketones (excluding diaryl/α,β-unsaturated/α-hetero) is 1. The van der Waals surface area contributed by atoms with E-state index in [9.17, 15) is 10.1 Å². The molecule has 2 aromatic carbocycles. The average molecular weight is 277 g/mol. The standard InChI is InChI=1S/C19H19NO/c1-3-15-6-10-16(11-7-15)18(13-20)12-19(21)17-8-4-14(2)5-9-17/h4-11,18H,3,12H2,1-2H3. The van der Waals surface area contributed by atoms with Crippen LogP contribution < -0.4 is 0 Å². The molecular weight excluding hydrogens is 258 g/mol. The van der Waals surface area contributed by atoms with Crippen molar-refractivity contribution in [2.45, 2.75) is 32.6 Å². The van der Waals surface area contributed by atoms with Crippen molar-refractivity contribution in [2.24, 2.45) is 0 Å². The predicted molar refractivity (Wildman–Crippen MR) is 84.3 cm³/mol. The van der Waals surface area contributed by atoms with Gasteiger partial charge in [0.25, 0.3) is 0 Å². The van der Waals surface area contributed by atoms with E-state index in [0.29, 0.717) is 5.56 Å². The normalized spacial score (nSPS) is 11.7. The highest BCUT2D eigenvalue weighted by Crippen LogP contribution is 2.22. The summed E-state index contributed by atoms with van der Waals surface area (Å²) in [5.41, 5.74) is 3.94. The Hall–Kier alpha value is -2.40. The van der Waals surface area contributed by atoms with Gasteiger partial charge in [-0.25, -0.2) is 0 Å². The Labute approximate surface area is 126 Å². The molecule has 2 aromatic rings. The van der Waals surface area contributed by atoms with Crippen molar-refractivity contribution in [1.82, 2.24) is 0 Å². The van der Waals surface area contributed by atoms with Crippen LogP contribution in [0.4, 0.5) is 0 Å². The molecule has 2 rings (SSSR count). The minimum atomic E-state index is -0.385. The second-order valence-corrected chi connectivity index (χ2v) is 5.27. The summed E-state index contributed by atoms with van der Waals surface area (Å²) in [6, 6.07) is 17.7. The summed E-state index contributed by atoms with van der Waals surface area (Å²) in [7, 11) is 0. The van der Waals surface area contributed by atoms with E-state index < -0.39 is 0 Å². The molecule has 21 heavy (non-hydrogen) atoms. The molecule has 1 atom stereocenters. The van der Waals surface area contributed by atoms with Gasteiger partial charge in [0.05, 0.1) is 12.0 Å². The fourth-order valence-corrected chi connectivity index (χ4v) is 2.27. The number of rotatable bonds is 5. The van der Waals surface area contributed by atoms with Gasteiger partial charge in [-0.1, -0.05) is 61.0 Å². The van der Waals surface area contributed by atoms with Crippen LogP contribution >= 0.6 is 0 Å². The Kier molecular flexibility index (Phi) is 4.90. The Bertz CT molecular complexity index is 647. The van der Waals surface area contributed by atoms with E-state index >= 15 is 0 Å². The van der Waals surface area contributed by atoms with E-state index in [2.05, 4.69) is 13.0 Å². The molecule has 1 unspecified atom stereocenters. The maximum Gasteiger partial charge on any atom is 0.164 e. The summed E-state index contributed by atoms with van der Waals surface area (Å²) in [6.07, 6.45) is 1.20. The van der Waals surface area contributed by atoms with Gasteiger partial charge in [0.2, 0.25) is 0 Å². The van der Waals surface area contributed by atoms with E-state index in [1.165, 1.54) is 5.56 Å². The number of hydrogen-bond donors (Lipinski definition) is 0. The molecule has 0 N–H and O–H groups in total. The van der Waals surface area contributed by atoms with Crippen LogP contribution in [0.5, 0.6) is 0 Å². The Morgan fingerprint density at radius 2 is 1.71 bits per heavy atom. The maximum absolute atomic E-state index is 12.3. The fraction of sp³-hybridized carbons (Fsp3) is 0.263. The first-order valence-electron chi connectivity index (χ1n) is 7.22. The van der Waals surface area contributed by atoms with E-state index in [4.69, 9.17) is 0 Å². The lowest BCUT2D eigenvalue weighted by Crippen LogP contribution is -2.06. The number of aryl methyl sites for hydroxylation is 2. The minimum Gasteiger partial charge on any atom is -0.294 e. The molecule has 0 aliphatic rings. The van der Waals surface area contributed by atoms with Crippen molar-refractivity contribution in [3.63, 3.8) is 0 Å². The van der Waals surface area contributed by atoms with E-state index in [1.807, 2.05) is 55.5 Å². The molecule has 2 nitrogen and oxygen atoms in total. The molecule has 0 aliphatic heterocycles. The van der Waals surface area contributed by atoms with Crippen LogP contribution in [0.2, 0.25) is 0 Å². The van der Waals surface area contributed by atoms with Crippen molar-refractivity contribution in [3.05, 3.63) is 70.8 Å². The summed E-state index contributed by atoms with van der Waals surface area (Å²) in [6.45, 7) is 4.08. The summed E-state index contributed by atoms with van der Waals surface area (Å²) >= 11 is 0. The van der Waals surface area contributed by atoms with Crippen molar-refractivity contribution in [1.29, 1.82) is 5.26 Å². The van der Waals surface area contributed by atoms with Crippen LogP contribution in [-0.4, -0.2) is 5.78 Å². The lowest BCUT2D eigenvalue weighted by molar-refractivity contribution is 0.0979. The fourth-order valence-electron chi connectivity index (χ4n) is 2.27. The zero-order valence-corrected chi connectivity index (χ0v) is 12.5. The molecule has 0 saturated carbocycles. The highest BCUT2D eigenvalue weighted by atomic mass is 16.1. The van der Waals surface area contributed by atoms with Gasteiger partial charge in [-0.15, -0.1) is 0 Å². The molecule has 0 spiro atoms. The molecule has 106 valence electrons. The van der Waals surface area contributed by atoms with Crippen LogP contribution in [0.25, 0.3) is 0 Å². The number of ketones is 1. The second-order valence-electron chi connectivity index (χ2n) is 5.27. The Balaban J connectivity index is 2.13. The third-order valence-corrected chi connectivity index (χ3v) is 3.71. The topological polar surface area (TPSA) is 40.9 Å². The first kappa shape index (κ1) is 15.0. The van der Waals surface area contributed by atoms with Crippen molar-refractivity contribution in [2.75, 3.05) is 0 Å². The van der Waals surface area contributed by atoms with E-state index in [-0.39, 0.29) is 18.1 Å². The number of carbonyl (C=O) groups is 1. The van der Waals surface area contributed by atoms with Gasteiger partial charge >= 0.3 is 0 Å². The second kappa shape index (κ2) is 6.85. The summed E-state index contributed by atoms with van der Waals surface area (Å²) < 4.78 is 0. The molecule has 0 radical (unpaired) electrons. The first-order valence-corrected chi connectivity index (χ1v) is 7.22. The van der Waals surface area contributed by atoms with Gasteiger partial charge in [0, 0.05) is 12.0 Å². The summed E-state index contributed by atoms with van der Waals surface area (Å²) in [5.74, 6) is -0.370. The molecule has 0 saturated heterocycles. The van der Waals surface area contributed by atoms with Crippen molar-refractivity contribution < 1.29 is 4.79 Å². The highest BCUT2D eigenvalue weighted by Gasteiger charge is 2.16. The molecule has 2 heteroatoms. The van der Waals surface area contributed by atoms with E-state index in [1.54, 1.807) is 0 Å². The number of carbonyl (C=O) groups excluding carboxylic acids is 1. The number of nitrogens with zero attached hydrogens (tertiary/aromatic N) is 1. The Morgan fingerprint density at radius 1 is 1.10 bits per heavy atom. The number of hydrogen-bond acceptors (Lipinski definition) is 2. The molecule has 0 amide bonds. The van der Waals surface area contributed by atoms with Crippen LogP contribution in [-0.2, 0) is 6.42 Å². The zero-order valence-electron chi connectivity index (χ0n) is 12.5. The highest BCUT2D eigenvalue weighted by molar-refractivity contribution is 5.96. The SMILES string of the molecule is CCc1ccc(C(C#N)CC(=O)c2ccc(C)cc2)cc1. The predicted octanol–water partition coefficient (Wildman–Crippen LogP) is 4.44. The summed E-state index contributed by atoms with van der Waals surface area (Å²) in [5, 5.41) is 9.34. The largest absolute Gasteiger partial charge is 0.294 e. The van der Waals surface area contributed by atoms with Gasteiger partial charge in [-0.2, -0.15) is 5.26 Å². The number of benzene rings is 2. The average Bonchev–Trinajstić information content (AvgIpc) is 2.53. The molecule has 0 bridgehead atoms. The maximum atomic E-state index is 12.3. The van der Waals surface area contributed by atoms with Crippen molar-refractivity contribution >= 4 is 5.78 Å². The van der Waals surface area contributed by atoms with Gasteiger partial charge in [0.15, 0.2) is 5.78 Å². The van der Waals surface area contributed by atoms with Crippen LogP contribution in [0, 0.1) is 18.3 Å². The zero-order chi connectivity index (χ0) is 15.2. The van der Waals surface area contributed by atoms with Crippen LogP contribution in [0.15, 0.2) is 48.5 Å². The lowest BCUT2D eigenvalue weighted by Gasteiger charge is -2.10. The van der Waals surface area contributed by atoms with Crippen LogP contribution in [0.3, 0.4) is 0 Å². The monoisotopic (exact) mass is 277 g/mol. The Morgan fingerprint density at radius 3 is 2.24 bits per heavy atom. The first-order chi connectivity index (χ1) is 10.1. The number of nitriles is 1. The van der Waals surface area contributed by atoms with Gasteiger partial charge in [-0.3, -0.25) is 4.79 Å². The molecular formula is C19H19NO. The molecule has 0 aromatic heterocycles.